The fourth-order valence-corrected chi connectivity index (χ4v) is 3.13. The Balaban J connectivity index is 1.67. The Hall–Kier alpha value is -3.80. The van der Waals surface area contributed by atoms with E-state index in [0.29, 0.717) is 11.3 Å². The quantitative estimate of drug-likeness (QED) is 0.507. The maximum Gasteiger partial charge on any atom is 0.255 e. The number of amides is 1. The zero-order valence-electron chi connectivity index (χ0n) is 16.3. The van der Waals surface area contributed by atoms with Crippen molar-refractivity contribution in [1.29, 1.82) is 0 Å². The predicted octanol–water partition coefficient (Wildman–Crippen LogP) is 5.06. The monoisotopic (exact) mass is 403 g/mol. The van der Waals surface area contributed by atoms with Gasteiger partial charge in [-0.3, -0.25) is 4.79 Å². The van der Waals surface area contributed by atoms with Crippen molar-refractivity contribution in [2.75, 3.05) is 0 Å². The van der Waals surface area contributed by atoms with E-state index in [4.69, 9.17) is 0 Å². The molecule has 0 aliphatic rings. The van der Waals surface area contributed by atoms with Crippen LogP contribution in [0.25, 0.3) is 16.9 Å². The lowest BCUT2D eigenvalue weighted by atomic mass is 10.1. The lowest BCUT2D eigenvalue weighted by Gasteiger charge is -2.07. The molecule has 0 aliphatic carbocycles. The Morgan fingerprint density at radius 2 is 1.70 bits per heavy atom. The molecule has 0 spiro atoms. The van der Waals surface area contributed by atoms with Crippen LogP contribution in [-0.2, 0) is 6.54 Å². The minimum Gasteiger partial charge on any atom is -0.348 e. The number of halogens is 2. The largest absolute Gasteiger partial charge is 0.348 e. The van der Waals surface area contributed by atoms with Gasteiger partial charge in [0.15, 0.2) is 11.6 Å². The fraction of sp³-hybridized carbons (Fsp3) is 0.0833. The van der Waals surface area contributed by atoms with Crippen molar-refractivity contribution in [3.63, 3.8) is 0 Å². The molecule has 0 atom stereocenters. The summed E-state index contributed by atoms with van der Waals surface area (Å²) < 4.78 is 29.0. The molecule has 0 aliphatic heterocycles. The van der Waals surface area contributed by atoms with Gasteiger partial charge in [0, 0.05) is 23.9 Å². The molecule has 1 amide bonds. The van der Waals surface area contributed by atoms with Gasteiger partial charge in [-0.25, -0.2) is 13.5 Å². The Kier molecular flexibility index (Phi) is 5.39. The molecule has 6 heteroatoms. The number of benzene rings is 3. The molecule has 1 heterocycles. The molecule has 4 aromatic rings. The number of nitrogens with zero attached hydrogens (tertiary/aromatic N) is 2. The smallest absolute Gasteiger partial charge is 0.255 e. The lowest BCUT2D eigenvalue weighted by Crippen LogP contribution is -2.23. The number of rotatable bonds is 5. The van der Waals surface area contributed by atoms with E-state index in [1.54, 1.807) is 10.9 Å². The van der Waals surface area contributed by atoms with Crippen molar-refractivity contribution < 1.29 is 13.6 Å². The molecule has 0 saturated carbocycles. The third kappa shape index (κ3) is 3.98. The van der Waals surface area contributed by atoms with E-state index >= 15 is 0 Å². The zero-order valence-corrected chi connectivity index (χ0v) is 16.3. The average Bonchev–Trinajstić information content (AvgIpc) is 3.21. The summed E-state index contributed by atoms with van der Waals surface area (Å²) in [6.07, 6.45) is 1.64. The molecule has 0 radical (unpaired) electrons. The number of nitrogens with one attached hydrogen (secondary N) is 1. The number of hydrogen-bond donors (Lipinski definition) is 1. The average molecular weight is 403 g/mol. The summed E-state index contributed by atoms with van der Waals surface area (Å²) in [5.41, 5.74) is 3.64. The van der Waals surface area contributed by atoms with Gasteiger partial charge < -0.3 is 5.32 Å². The van der Waals surface area contributed by atoms with Gasteiger partial charge in [0.1, 0.15) is 5.69 Å². The van der Waals surface area contributed by atoms with Crippen LogP contribution in [0.4, 0.5) is 8.78 Å². The second-order valence-corrected chi connectivity index (χ2v) is 6.93. The summed E-state index contributed by atoms with van der Waals surface area (Å²) in [7, 11) is 0. The molecular formula is C24H19F2N3O. The highest BCUT2D eigenvalue weighted by Gasteiger charge is 2.19. The number of aryl methyl sites for hydroxylation is 1. The normalized spacial score (nSPS) is 10.8. The zero-order chi connectivity index (χ0) is 21.1. The fourth-order valence-electron chi connectivity index (χ4n) is 3.13. The topological polar surface area (TPSA) is 46.9 Å². The van der Waals surface area contributed by atoms with E-state index in [1.165, 1.54) is 12.1 Å². The molecule has 1 aromatic heterocycles. The highest BCUT2D eigenvalue weighted by atomic mass is 19.2. The molecule has 30 heavy (non-hydrogen) atoms. The highest BCUT2D eigenvalue weighted by molar-refractivity contribution is 5.99. The summed E-state index contributed by atoms with van der Waals surface area (Å²) >= 11 is 0. The van der Waals surface area contributed by atoms with Gasteiger partial charge in [-0.05, 0) is 25.1 Å². The SMILES string of the molecule is Cc1ccc(-n2cc(C(=O)NCc3cccc(F)c3F)c(-c3ccccc3)n2)cc1. The van der Waals surface area contributed by atoms with E-state index in [0.717, 1.165) is 22.9 Å². The van der Waals surface area contributed by atoms with Crippen LogP contribution in [-0.4, -0.2) is 15.7 Å². The number of carbonyl (C=O) groups is 1. The summed E-state index contributed by atoms with van der Waals surface area (Å²) in [5.74, 6) is -2.33. The van der Waals surface area contributed by atoms with E-state index < -0.39 is 17.5 Å². The maximum atomic E-state index is 13.9. The number of hydrogen-bond acceptors (Lipinski definition) is 2. The second-order valence-electron chi connectivity index (χ2n) is 6.93. The number of aromatic nitrogens is 2. The Morgan fingerprint density at radius 1 is 0.967 bits per heavy atom. The van der Waals surface area contributed by atoms with Crippen molar-refractivity contribution in [2.45, 2.75) is 13.5 Å². The molecule has 0 bridgehead atoms. The van der Waals surface area contributed by atoms with Gasteiger partial charge in [0.2, 0.25) is 0 Å². The minimum absolute atomic E-state index is 0.0792. The van der Waals surface area contributed by atoms with Crippen LogP contribution in [0.5, 0.6) is 0 Å². The van der Waals surface area contributed by atoms with E-state index in [-0.39, 0.29) is 12.1 Å². The van der Waals surface area contributed by atoms with Crippen LogP contribution in [0.3, 0.4) is 0 Å². The molecule has 4 rings (SSSR count). The third-order valence-corrected chi connectivity index (χ3v) is 4.78. The lowest BCUT2D eigenvalue weighted by molar-refractivity contribution is 0.0951. The van der Waals surface area contributed by atoms with Gasteiger partial charge in [-0.1, -0.05) is 60.2 Å². The van der Waals surface area contributed by atoms with E-state index in [9.17, 15) is 13.6 Å². The molecule has 4 nitrogen and oxygen atoms in total. The third-order valence-electron chi connectivity index (χ3n) is 4.78. The summed E-state index contributed by atoms with van der Waals surface area (Å²) in [6, 6.07) is 21.0. The van der Waals surface area contributed by atoms with E-state index in [1.807, 2.05) is 61.5 Å². The first kappa shape index (κ1) is 19.5. The molecule has 1 N–H and O–H groups in total. The summed E-state index contributed by atoms with van der Waals surface area (Å²) in [5, 5.41) is 7.28. The van der Waals surface area contributed by atoms with Gasteiger partial charge in [0.05, 0.1) is 11.3 Å². The first-order chi connectivity index (χ1) is 14.5. The van der Waals surface area contributed by atoms with Crippen molar-refractivity contribution in [2.24, 2.45) is 0 Å². The van der Waals surface area contributed by atoms with Gasteiger partial charge in [-0.15, -0.1) is 0 Å². The second kappa shape index (κ2) is 8.29. The molecule has 0 fully saturated rings. The Labute approximate surface area is 172 Å². The standard InChI is InChI=1S/C24H19F2N3O/c1-16-10-12-19(13-11-16)29-15-20(23(28-29)17-6-3-2-4-7-17)24(30)27-14-18-8-5-9-21(25)22(18)26/h2-13,15H,14H2,1H3,(H,27,30). The first-order valence-corrected chi connectivity index (χ1v) is 9.46. The molecular weight excluding hydrogens is 384 g/mol. The summed E-state index contributed by atoms with van der Waals surface area (Å²) in [6.45, 7) is 1.86. The first-order valence-electron chi connectivity index (χ1n) is 9.46. The van der Waals surface area contributed by atoms with Crippen LogP contribution in [0, 0.1) is 18.6 Å². The Bertz CT molecular complexity index is 1190. The summed E-state index contributed by atoms with van der Waals surface area (Å²) in [4.78, 5) is 12.9. The maximum absolute atomic E-state index is 13.9. The highest BCUT2D eigenvalue weighted by Crippen LogP contribution is 2.24. The van der Waals surface area contributed by atoms with Crippen molar-refractivity contribution in [3.05, 3.63) is 107 Å². The van der Waals surface area contributed by atoms with Crippen molar-refractivity contribution in [3.8, 4) is 16.9 Å². The van der Waals surface area contributed by atoms with Crippen LogP contribution < -0.4 is 5.32 Å². The van der Waals surface area contributed by atoms with Crippen LogP contribution in [0.15, 0.2) is 79.0 Å². The Morgan fingerprint density at radius 3 is 2.43 bits per heavy atom. The van der Waals surface area contributed by atoms with Crippen molar-refractivity contribution in [1.82, 2.24) is 15.1 Å². The minimum atomic E-state index is -0.962. The molecule has 0 saturated heterocycles. The van der Waals surface area contributed by atoms with Gasteiger partial charge in [-0.2, -0.15) is 5.10 Å². The predicted molar refractivity (Wildman–Crippen MR) is 111 cm³/mol. The van der Waals surface area contributed by atoms with Gasteiger partial charge >= 0.3 is 0 Å². The van der Waals surface area contributed by atoms with Crippen LogP contribution in [0.1, 0.15) is 21.5 Å². The molecule has 3 aromatic carbocycles. The van der Waals surface area contributed by atoms with Gasteiger partial charge in [0.25, 0.3) is 5.91 Å². The van der Waals surface area contributed by atoms with Crippen LogP contribution >= 0.6 is 0 Å². The van der Waals surface area contributed by atoms with Crippen LogP contribution in [0.2, 0.25) is 0 Å². The van der Waals surface area contributed by atoms with E-state index in [2.05, 4.69) is 10.4 Å². The number of carbonyl (C=O) groups excluding carboxylic acids is 1. The molecule has 0 unspecified atom stereocenters. The molecule has 150 valence electrons. The van der Waals surface area contributed by atoms with Crippen molar-refractivity contribution >= 4 is 5.91 Å².